The molecule has 0 fully saturated rings. The van der Waals surface area contributed by atoms with Gasteiger partial charge in [0.05, 0.1) is 0 Å². The number of hydrogen-bond donors (Lipinski definition) is 2. The maximum Gasteiger partial charge on any atom is 0.347 e. The Bertz CT molecular complexity index is 597. The molecule has 2 aromatic carbocycles. The molecule has 0 amide bonds. The number of hydrogen-bond acceptors (Lipinski definition) is 4. The molecular weight excluding hydrogens is 268 g/mol. The zero-order chi connectivity index (χ0) is 14.0. The molecule has 0 spiro atoms. The zero-order valence-corrected chi connectivity index (χ0v) is 10.8. The minimum absolute atomic E-state index is 0.0211. The molecule has 0 bridgehead atoms. The van der Waals surface area contributed by atoms with E-state index in [0.29, 0.717) is 16.3 Å². The third kappa shape index (κ3) is 2.98. The van der Waals surface area contributed by atoms with Crippen LogP contribution in [0.15, 0.2) is 36.4 Å². The Morgan fingerprint density at radius 2 is 1.79 bits per heavy atom. The number of aromatic hydroxyl groups is 2. The van der Waals surface area contributed by atoms with Gasteiger partial charge in [0.1, 0.15) is 22.8 Å². The number of benzene rings is 2. The molecule has 2 aromatic rings. The second kappa shape index (κ2) is 5.20. The Balaban J connectivity index is 2.28. The van der Waals surface area contributed by atoms with Gasteiger partial charge in [0.2, 0.25) is 0 Å². The van der Waals surface area contributed by atoms with Crippen LogP contribution in [0, 0.1) is 6.92 Å². The highest BCUT2D eigenvalue weighted by Crippen LogP contribution is 2.28. The van der Waals surface area contributed by atoms with Gasteiger partial charge in [-0.1, -0.05) is 11.6 Å². The summed E-state index contributed by atoms with van der Waals surface area (Å²) in [6.45, 7) is 1.60. The summed E-state index contributed by atoms with van der Waals surface area (Å²) >= 11 is 5.72. The van der Waals surface area contributed by atoms with Crippen LogP contribution < -0.4 is 4.74 Å². The van der Waals surface area contributed by atoms with Crippen molar-refractivity contribution in [2.75, 3.05) is 0 Å². The molecule has 0 radical (unpaired) electrons. The fourth-order valence-corrected chi connectivity index (χ4v) is 1.80. The van der Waals surface area contributed by atoms with Gasteiger partial charge in [-0.15, -0.1) is 0 Å². The van der Waals surface area contributed by atoms with Gasteiger partial charge in [-0.2, -0.15) is 0 Å². The lowest BCUT2D eigenvalue weighted by Gasteiger charge is -2.09. The molecule has 19 heavy (non-hydrogen) atoms. The molecular formula is C14H11ClO4. The summed E-state index contributed by atoms with van der Waals surface area (Å²) in [4.78, 5) is 12.0. The summed E-state index contributed by atoms with van der Waals surface area (Å²) in [6, 6.07) is 8.74. The molecule has 0 saturated heterocycles. The van der Waals surface area contributed by atoms with Gasteiger partial charge >= 0.3 is 5.97 Å². The number of phenolic OH excluding ortho intramolecular Hbond substituents is 2. The molecule has 0 aliphatic heterocycles. The molecule has 2 rings (SSSR count). The molecule has 0 saturated carbocycles. The fourth-order valence-electron chi connectivity index (χ4n) is 1.68. The van der Waals surface area contributed by atoms with Crippen LogP contribution in [0.5, 0.6) is 17.2 Å². The van der Waals surface area contributed by atoms with Crippen LogP contribution >= 0.6 is 11.6 Å². The summed E-state index contributed by atoms with van der Waals surface area (Å²) in [6.07, 6.45) is 0. The molecule has 0 unspecified atom stereocenters. The number of carbonyl (C=O) groups excluding carboxylic acids is 1. The van der Waals surface area contributed by atoms with Crippen LogP contribution in [-0.2, 0) is 0 Å². The van der Waals surface area contributed by atoms with Gasteiger partial charge in [0.25, 0.3) is 0 Å². The van der Waals surface area contributed by atoms with Crippen molar-refractivity contribution >= 4 is 17.6 Å². The predicted octanol–water partition coefficient (Wildman–Crippen LogP) is 3.28. The van der Waals surface area contributed by atoms with E-state index in [2.05, 4.69) is 0 Å². The standard InChI is InChI=1S/C14H11ClO4/c1-8-6-10(16)7-12(17)13(8)14(18)19-11-4-2-9(15)3-5-11/h2-7,16-17H,1H3. The quantitative estimate of drug-likeness (QED) is 0.653. The molecule has 98 valence electrons. The van der Waals surface area contributed by atoms with Crippen molar-refractivity contribution in [3.05, 3.63) is 52.5 Å². The first-order valence-electron chi connectivity index (χ1n) is 5.47. The summed E-state index contributed by atoms with van der Waals surface area (Å²) in [5, 5.41) is 19.5. The SMILES string of the molecule is Cc1cc(O)cc(O)c1C(=O)Oc1ccc(Cl)cc1. The van der Waals surface area contributed by atoms with Gasteiger partial charge in [-0.25, -0.2) is 4.79 Å². The summed E-state index contributed by atoms with van der Waals surface area (Å²) < 4.78 is 5.12. The van der Waals surface area contributed by atoms with E-state index in [-0.39, 0.29) is 17.1 Å². The zero-order valence-electron chi connectivity index (χ0n) is 10.1. The highest BCUT2D eigenvalue weighted by atomic mass is 35.5. The Kier molecular flexibility index (Phi) is 3.62. The Labute approximate surface area is 114 Å². The van der Waals surface area contributed by atoms with Crippen molar-refractivity contribution < 1.29 is 19.7 Å². The largest absolute Gasteiger partial charge is 0.508 e. The van der Waals surface area contributed by atoms with Crippen LogP contribution in [0.3, 0.4) is 0 Å². The van der Waals surface area contributed by atoms with Gasteiger partial charge in [0.15, 0.2) is 0 Å². The lowest BCUT2D eigenvalue weighted by Crippen LogP contribution is -2.10. The monoisotopic (exact) mass is 278 g/mol. The first-order valence-corrected chi connectivity index (χ1v) is 5.85. The molecule has 0 aliphatic rings. The minimum Gasteiger partial charge on any atom is -0.508 e. The lowest BCUT2D eigenvalue weighted by atomic mass is 10.1. The van der Waals surface area contributed by atoms with Crippen molar-refractivity contribution in [2.24, 2.45) is 0 Å². The molecule has 4 nitrogen and oxygen atoms in total. The first-order chi connectivity index (χ1) is 8.97. The van der Waals surface area contributed by atoms with E-state index in [4.69, 9.17) is 16.3 Å². The number of aryl methyl sites for hydroxylation is 1. The second-order valence-corrected chi connectivity index (χ2v) is 4.44. The van der Waals surface area contributed by atoms with Gasteiger partial charge in [-0.05, 0) is 42.8 Å². The van der Waals surface area contributed by atoms with Crippen LogP contribution in [0.1, 0.15) is 15.9 Å². The third-order valence-electron chi connectivity index (χ3n) is 2.53. The van der Waals surface area contributed by atoms with Crippen molar-refractivity contribution in [3.8, 4) is 17.2 Å². The smallest absolute Gasteiger partial charge is 0.347 e. The van der Waals surface area contributed by atoms with Gasteiger partial charge in [-0.3, -0.25) is 0 Å². The molecule has 0 aliphatic carbocycles. The summed E-state index contributed by atoms with van der Waals surface area (Å²) in [5.74, 6) is -0.812. The van der Waals surface area contributed by atoms with Gasteiger partial charge in [0, 0.05) is 11.1 Å². The van der Waals surface area contributed by atoms with Crippen LogP contribution in [0.4, 0.5) is 0 Å². The second-order valence-electron chi connectivity index (χ2n) is 4.00. The summed E-state index contributed by atoms with van der Waals surface area (Å²) in [5.41, 5.74) is 0.448. The number of esters is 1. The predicted molar refractivity (Wildman–Crippen MR) is 70.9 cm³/mol. The molecule has 0 heterocycles. The number of ether oxygens (including phenoxy) is 1. The van der Waals surface area contributed by atoms with Crippen molar-refractivity contribution in [1.82, 2.24) is 0 Å². The molecule has 5 heteroatoms. The van der Waals surface area contributed by atoms with E-state index < -0.39 is 5.97 Å². The average molecular weight is 279 g/mol. The molecule has 0 atom stereocenters. The maximum absolute atomic E-state index is 12.0. The van der Waals surface area contributed by atoms with E-state index in [1.54, 1.807) is 31.2 Å². The average Bonchev–Trinajstić information content (AvgIpc) is 2.30. The normalized spacial score (nSPS) is 10.2. The number of carbonyl (C=O) groups is 1. The van der Waals surface area contributed by atoms with Crippen LogP contribution in [-0.4, -0.2) is 16.2 Å². The Morgan fingerprint density at radius 1 is 1.16 bits per heavy atom. The minimum atomic E-state index is -0.697. The highest BCUT2D eigenvalue weighted by molar-refractivity contribution is 6.30. The van der Waals surface area contributed by atoms with E-state index in [9.17, 15) is 15.0 Å². The summed E-state index contributed by atoms with van der Waals surface area (Å²) in [7, 11) is 0. The van der Waals surface area contributed by atoms with E-state index in [1.165, 1.54) is 6.07 Å². The Morgan fingerprint density at radius 3 is 2.37 bits per heavy atom. The first kappa shape index (κ1) is 13.2. The number of rotatable bonds is 2. The Hall–Kier alpha value is -2.20. The fraction of sp³-hybridized carbons (Fsp3) is 0.0714. The van der Waals surface area contributed by atoms with E-state index in [1.807, 2.05) is 0 Å². The van der Waals surface area contributed by atoms with Crippen molar-refractivity contribution in [2.45, 2.75) is 6.92 Å². The van der Waals surface area contributed by atoms with Crippen molar-refractivity contribution in [1.29, 1.82) is 0 Å². The lowest BCUT2D eigenvalue weighted by molar-refractivity contribution is 0.0731. The van der Waals surface area contributed by atoms with Crippen LogP contribution in [0.2, 0.25) is 5.02 Å². The maximum atomic E-state index is 12.0. The van der Waals surface area contributed by atoms with Crippen LogP contribution in [0.25, 0.3) is 0 Å². The van der Waals surface area contributed by atoms with Gasteiger partial charge < -0.3 is 14.9 Å². The number of phenols is 2. The van der Waals surface area contributed by atoms with Crippen molar-refractivity contribution in [3.63, 3.8) is 0 Å². The highest BCUT2D eigenvalue weighted by Gasteiger charge is 2.17. The number of halogens is 1. The topological polar surface area (TPSA) is 66.8 Å². The third-order valence-corrected chi connectivity index (χ3v) is 2.78. The molecule has 2 N–H and O–H groups in total. The molecule has 0 aromatic heterocycles. The van der Waals surface area contributed by atoms with E-state index >= 15 is 0 Å². The van der Waals surface area contributed by atoms with E-state index in [0.717, 1.165) is 6.07 Å².